The number of nitrogens with zero attached hydrogens (tertiary/aromatic N) is 4. The predicted octanol–water partition coefficient (Wildman–Crippen LogP) is 2.36. The number of hydrogen-bond donors (Lipinski definition) is 1. The van der Waals surface area contributed by atoms with Gasteiger partial charge in [-0.05, 0) is 30.7 Å². The van der Waals surface area contributed by atoms with E-state index in [1.165, 1.54) is 12.1 Å². The van der Waals surface area contributed by atoms with Gasteiger partial charge in [-0.2, -0.15) is 10.2 Å². The molecule has 2 aromatic heterocycles. The first-order valence-electron chi connectivity index (χ1n) is 7.11. The van der Waals surface area contributed by atoms with Crippen LogP contribution in [0.15, 0.2) is 42.6 Å². The van der Waals surface area contributed by atoms with E-state index in [2.05, 4.69) is 15.5 Å². The maximum absolute atomic E-state index is 13.2. The third kappa shape index (κ3) is 3.45. The van der Waals surface area contributed by atoms with Crippen LogP contribution in [0, 0.1) is 12.7 Å². The van der Waals surface area contributed by atoms with Crippen molar-refractivity contribution >= 4 is 11.7 Å². The topological polar surface area (TPSA) is 64.7 Å². The van der Waals surface area contributed by atoms with Gasteiger partial charge >= 0.3 is 0 Å². The molecule has 0 aliphatic heterocycles. The van der Waals surface area contributed by atoms with Gasteiger partial charge in [0, 0.05) is 25.0 Å². The van der Waals surface area contributed by atoms with Gasteiger partial charge in [0.25, 0.3) is 5.91 Å². The molecule has 0 saturated heterocycles. The molecule has 0 aliphatic rings. The van der Waals surface area contributed by atoms with Crippen LogP contribution in [0.25, 0.3) is 0 Å². The second-order valence-corrected chi connectivity index (χ2v) is 5.28. The van der Waals surface area contributed by atoms with Crippen LogP contribution in [-0.4, -0.2) is 25.5 Å². The number of amides is 1. The molecule has 0 aliphatic carbocycles. The summed E-state index contributed by atoms with van der Waals surface area (Å²) >= 11 is 0. The number of benzene rings is 1. The lowest BCUT2D eigenvalue weighted by Gasteiger charge is -2.02. The number of carbonyl (C=O) groups excluding carboxylic acids is 1. The Morgan fingerprint density at radius 1 is 1.26 bits per heavy atom. The third-order valence-corrected chi connectivity index (χ3v) is 3.46. The fourth-order valence-corrected chi connectivity index (χ4v) is 2.19. The minimum atomic E-state index is -0.315. The lowest BCUT2D eigenvalue weighted by molar-refractivity contribution is 0.102. The van der Waals surface area contributed by atoms with Gasteiger partial charge in [0.15, 0.2) is 11.5 Å². The van der Waals surface area contributed by atoms with E-state index in [1.54, 1.807) is 40.8 Å². The monoisotopic (exact) mass is 313 g/mol. The first-order chi connectivity index (χ1) is 11.0. The number of hydrogen-bond acceptors (Lipinski definition) is 3. The van der Waals surface area contributed by atoms with Crippen molar-refractivity contribution in [1.82, 2.24) is 19.6 Å². The Hall–Kier alpha value is -2.96. The van der Waals surface area contributed by atoms with Crippen molar-refractivity contribution in [3.8, 4) is 0 Å². The quantitative estimate of drug-likeness (QED) is 0.804. The molecule has 1 N–H and O–H groups in total. The molecule has 1 aromatic carbocycles. The molecule has 0 spiro atoms. The highest BCUT2D eigenvalue weighted by molar-refractivity contribution is 6.02. The molecule has 2 heterocycles. The van der Waals surface area contributed by atoms with E-state index in [4.69, 9.17) is 0 Å². The molecule has 0 atom stereocenters. The SMILES string of the molecule is Cc1cc(C(=O)Nc2ccn(Cc3cccc(F)c3)n2)nn1C. The molecule has 118 valence electrons. The molecule has 7 heteroatoms. The van der Waals surface area contributed by atoms with E-state index in [1.807, 2.05) is 13.0 Å². The Bertz CT molecular complexity index is 832. The third-order valence-electron chi connectivity index (χ3n) is 3.46. The summed E-state index contributed by atoms with van der Waals surface area (Å²) in [5, 5.41) is 11.1. The molecule has 23 heavy (non-hydrogen) atoms. The Morgan fingerprint density at radius 2 is 2.09 bits per heavy atom. The number of carbonyl (C=O) groups is 1. The maximum Gasteiger partial charge on any atom is 0.277 e. The van der Waals surface area contributed by atoms with Gasteiger partial charge in [-0.25, -0.2) is 4.39 Å². The van der Waals surface area contributed by atoms with E-state index in [0.29, 0.717) is 18.1 Å². The summed E-state index contributed by atoms with van der Waals surface area (Å²) in [5.74, 6) is -0.173. The molecule has 0 saturated carbocycles. The lowest BCUT2D eigenvalue weighted by atomic mass is 10.2. The summed E-state index contributed by atoms with van der Waals surface area (Å²) in [7, 11) is 1.78. The summed E-state index contributed by atoms with van der Waals surface area (Å²) < 4.78 is 16.4. The molecule has 3 aromatic rings. The van der Waals surface area contributed by atoms with Crippen molar-refractivity contribution in [3.63, 3.8) is 0 Å². The van der Waals surface area contributed by atoms with E-state index < -0.39 is 0 Å². The van der Waals surface area contributed by atoms with Crippen LogP contribution < -0.4 is 5.32 Å². The van der Waals surface area contributed by atoms with Crippen molar-refractivity contribution in [2.75, 3.05) is 5.32 Å². The molecule has 0 radical (unpaired) electrons. The first-order valence-corrected chi connectivity index (χ1v) is 7.11. The van der Waals surface area contributed by atoms with Crippen molar-refractivity contribution < 1.29 is 9.18 Å². The van der Waals surface area contributed by atoms with E-state index in [-0.39, 0.29) is 11.7 Å². The first kappa shape index (κ1) is 15.0. The molecule has 0 fully saturated rings. The molecule has 6 nitrogen and oxygen atoms in total. The average Bonchev–Trinajstić information content (AvgIpc) is 3.06. The summed E-state index contributed by atoms with van der Waals surface area (Å²) in [5.41, 5.74) is 2.03. The van der Waals surface area contributed by atoms with Crippen LogP contribution in [0.3, 0.4) is 0 Å². The van der Waals surface area contributed by atoms with Crippen LogP contribution >= 0.6 is 0 Å². The summed E-state index contributed by atoms with van der Waals surface area (Å²) in [6, 6.07) is 9.72. The fraction of sp³-hybridized carbons (Fsp3) is 0.188. The smallest absolute Gasteiger partial charge is 0.277 e. The minimum Gasteiger partial charge on any atom is -0.304 e. The molecule has 0 unspecified atom stereocenters. The van der Waals surface area contributed by atoms with Gasteiger partial charge in [0.05, 0.1) is 6.54 Å². The van der Waals surface area contributed by atoms with Gasteiger partial charge in [-0.15, -0.1) is 0 Å². The summed E-state index contributed by atoms with van der Waals surface area (Å²) in [4.78, 5) is 12.1. The average molecular weight is 313 g/mol. The second kappa shape index (κ2) is 6.04. The van der Waals surface area contributed by atoms with Crippen molar-refractivity contribution in [2.45, 2.75) is 13.5 Å². The van der Waals surface area contributed by atoms with Gasteiger partial charge in [0.1, 0.15) is 5.82 Å². The van der Waals surface area contributed by atoms with Gasteiger partial charge in [-0.3, -0.25) is 14.2 Å². The Labute approximate surface area is 132 Å². The number of aryl methyl sites for hydroxylation is 2. The fourth-order valence-electron chi connectivity index (χ4n) is 2.19. The van der Waals surface area contributed by atoms with Crippen molar-refractivity contribution in [3.05, 3.63) is 65.4 Å². The van der Waals surface area contributed by atoms with Crippen LogP contribution in [0.5, 0.6) is 0 Å². The second-order valence-electron chi connectivity index (χ2n) is 5.28. The minimum absolute atomic E-state index is 0.284. The van der Waals surface area contributed by atoms with Crippen LogP contribution in [0.4, 0.5) is 10.2 Å². The Kier molecular flexibility index (Phi) is 3.92. The molecule has 3 rings (SSSR count). The van der Waals surface area contributed by atoms with E-state index >= 15 is 0 Å². The van der Waals surface area contributed by atoms with Crippen LogP contribution in [0.2, 0.25) is 0 Å². The van der Waals surface area contributed by atoms with Crippen LogP contribution in [0.1, 0.15) is 21.7 Å². The molecular weight excluding hydrogens is 297 g/mol. The highest BCUT2D eigenvalue weighted by Gasteiger charge is 2.12. The summed E-state index contributed by atoms with van der Waals surface area (Å²) in [6.45, 7) is 2.30. The largest absolute Gasteiger partial charge is 0.304 e. The van der Waals surface area contributed by atoms with Crippen molar-refractivity contribution in [1.29, 1.82) is 0 Å². The lowest BCUT2D eigenvalue weighted by Crippen LogP contribution is -2.14. The highest BCUT2D eigenvalue weighted by Crippen LogP contribution is 2.10. The van der Waals surface area contributed by atoms with Gasteiger partial charge in [0.2, 0.25) is 0 Å². The number of halogens is 1. The molecule has 0 bridgehead atoms. The number of nitrogens with one attached hydrogen (secondary N) is 1. The molecular formula is C16H16FN5O. The van der Waals surface area contributed by atoms with Crippen LogP contribution in [-0.2, 0) is 13.6 Å². The Balaban J connectivity index is 1.68. The van der Waals surface area contributed by atoms with E-state index in [0.717, 1.165) is 11.3 Å². The zero-order valence-corrected chi connectivity index (χ0v) is 12.8. The van der Waals surface area contributed by atoms with Crippen molar-refractivity contribution in [2.24, 2.45) is 7.05 Å². The van der Waals surface area contributed by atoms with Gasteiger partial charge < -0.3 is 5.32 Å². The number of rotatable bonds is 4. The predicted molar refractivity (Wildman–Crippen MR) is 83.6 cm³/mol. The standard InChI is InChI=1S/C16H16FN5O/c1-11-8-14(19-21(11)2)16(23)18-15-6-7-22(20-15)10-12-4-3-5-13(17)9-12/h3-9H,10H2,1-2H3,(H,18,20,23). The Morgan fingerprint density at radius 3 is 2.78 bits per heavy atom. The highest BCUT2D eigenvalue weighted by atomic mass is 19.1. The normalized spacial score (nSPS) is 10.7. The maximum atomic E-state index is 13.2. The zero-order chi connectivity index (χ0) is 16.4. The van der Waals surface area contributed by atoms with Gasteiger partial charge in [-0.1, -0.05) is 12.1 Å². The summed E-state index contributed by atoms with van der Waals surface area (Å²) in [6.07, 6.45) is 1.73. The number of anilines is 1. The molecule has 1 amide bonds. The number of aromatic nitrogens is 4. The van der Waals surface area contributed by atoms with E-state index in [9.17, 15) is 9.18 Å². The zero-order valence-electron chi connectivity index (χ0n) is 12.8.